The second-order valence-electron chi connectivity index (χ2n) is 10.2. The highest BCUT2D eigenvalue weighted by molar-refractivity contribution is 5.97. The Bertz CT molecular complexity index is 1290. The molecule has 0 atom stereocenters. The lowest BCUT2D eigenvalue weighted by molar-refractivity contribution is -0.132. The van der Waals surface area contributed by atoms with Crippen LogP contribution in [0.25, 0.3) is 11.3 Å². The summed E-state index contributed by atoms with van der Waals surface area (Å²) in [7, 11) is 0. The molecule has 1 fully saturated rings. The van der Waals surface area contributed by atoms with Gasteiger partial charge in [0.15, 0.2) is 17.3 Å². The first-order valence-corrected chi connectivity index (χ1v) is 13.0. The summed E-state index contributed by atoms with van der Waals surface area (Å²) in [5, 5.41) is 8.85. The number of ether oxygens (including phenoxy) is 2. The van der Waals surface area contributed by atoms with E-state index in [1.807, 2.05) is 43.0 Å². The number of carbonyl (C=O) groups excluding carboxylic acids is 2. The lowest BCUT2D eigenvalue weighted by Gasteiger charge is -2.36. The number of nitrogens with zero attached hydrogens (tertiary/aromatic N) is 5. The quantitative estimate of drug-likeness (QED) is 0.475. The van der Waals surface area contributed by atoms with Crippen LogP contribution in [0.2, 0.25) is 0 Å². The summed E-state index contributed by atoms with van der Waals surface area (Å²) in [4.78, 5) is 32.1. The zero-order valence-corrected chi connectivity index (χ0v) is 22.1. The molecule has 2 aliphatic heterocycles. The number of hydrogen-bond donors (Lipinski definition) is 0. The van der Waals surface area contributed by atoms with Gasteiger partial charge in [-0.05, 0) is 43.2 Å². The molecule has 0 unspecified atom stereocenters. The summed E-state index contributed by atoms with van der Waals surface area (Å²) < 4.78 is 10.8. The molecule has 0 saturated carbocycles. The fourth-order valence-corrected chi connectivity index (χ4v) is 4.69. The second-order valence-corrected chi connectivity index (χ2v) is 10.2. The van der Waals surface area contributed by atoms with Crippen molar-refractivity contribution >= 4 is 17.6 Å². The summed E-state index contributed by atoms with van der Waals surface area (Å²) in [5.41, 5.74) is 3.56. The van der Waals surface area contributed by atoms with Gasteiger partial charge in [-0.2, -0.15) is 0 Å². The highest BCUT2D eigenvalue weighted by atomic mass is 16.7. The van der Waals surface area contributed by atoms with E-state index in [1.165, 1.54) is 5.56 Å². The van der Waals surface area contributed by atoms with Gasteiger partial charge in [0.2, 0.25) is 12.7 Å². The molecule has 1 saturated heterocycles. The van der Waals surface area contributed by atoms with Crippen molar-refractivity contribution in [2.24, 2.45) is 5.92 Å². The highest BCUT2D eigenvalue weighted by Gasteiger charge is 2.27. The van der Waals surface area contributed by atoms with Gasteiger partial charge in [0.05, 0.1) is 5.69 Å². The van der Waals surface area contributed by atoms with Gasteiger partial charge in [-0.3, -0.25) is 9.59 Å². The van der Waals surface area contributed by atoms with Gasteiger partial charge in [-0.1, -0.05) is 43.7 Å². The van der Waals surface area contributed by atoms with Crippen LogP contribution in [0.3, 0.4) is 0 Å². The number of benzene rings is 2. The van der Waals surface area contributed by atoms with Crippen molar-refractivity contribution in [1.29, 1.82) is 0 Å². The fraction of sp³-hybridized carbons (Fsp3) is 0.379. The Morgan fingerprint density at radius 2 is 1.66 bits per heavy atom. The lowest BCUT2D eigenvalue weighted by Crippen LogP contribution is -2.52. The van der Waals surface area contributed by atoms with Crippen LogP contribution in [-0.4, -0.2) is 77.9 Å². The molecular formula is C29H33N5O4. The number of carbonyl (C=O) groups is 2. The topological polar surface area (TPSA) is 88.1 Å². The zero-order valence-electron chi connectivity index (χ0n) is 22.1. The third kappa shape index (κ3) is 5.72. The Hall–Kier alpha value is -4.14. The number of piperazine rings is 1. The van der Waals surface area contributed by atoms with Crippen molar-refractivity contribution in [2.75, 3.05) is 51.0 Å². The normalized spacial score (nSPS) is 14.6. The minimum Gasteiger partial charge on any atom is -0.454 e. The highest BCUT2D eigenvalue weighted by Crippen LogP contribution is 2.33. The van der Waals surface area contributed by atoms with E-state index < -0.39 is 0 Å². The molecule has 0 aliphatic carbocycles. The molecule has 38 heavy (non-hydrogen) atoms. The number of anilines is 1. The van der Waals surface area contributed by atoms with Gasteiger partial charge in [-0.15, -0.1) is 10.2 Å². The molecule has 2 aliphatic rings. The van der Waals surface area contributed by atoms with Gasteiger partial charge in [0, 0.05) is 43.9 Å². The van der Waals surface area contributed by atoms with E-state index in [0.717, 1.165) is 17.1 Å². The Morgan fingerprint density at radius 1 is 0.921 bits per heavy atom. The van der Waals surface area contributed by atoms with E-state index in [4.69, 9.17) is 9.47 Å². The van der Waals surface area contributed by atoms with Crippen LogP contribution in [0, 0.1) is 12.8 Å². The predicted octanol–water partition coefficient (Wildman–Crippen LogP) is 3.63. The molecule has 3 heterocycles. The average Bonchev–Trinajstić information content (AvgIpc) is 3.41. The first-order chi connectivity index (χ1) is 18.4. The number of amides is 2. The Labute approximate surface area is 223 Å². The van der Waals surface area contributed by atoms with Gasteiger partial charge in [0.1, 0.15) is 6.54 Å². The van der Waals surface area contributed by atoms with Crippen molar-refractivity contribution in [1.82, 2.24) is 20.0 Å². The summed E-state index contributed by atoms with van der Waals surface area (Å²) >= 11 is 0. The summed E-state index contributed by atoms with van der Waals surface area (Å²) in [6.45, 7) is 9.25. The van der Waals surface area contributed by atoms with Crippen molar-refractivity contribution < 1.29 is 19.1 Å². The van der Waals surface area contributed by atoms with Crippen LogP contribution in [0.4, 0.5) is 5.82 Å². The Morgan fingerprint density at radius 3 is 2.34 bits per heavy atom. The van der Waals surface area contributed by atoms with E-state index in [-0.39, 0.29) is 31.1 Å². The monoisotopic (exact) mass is 515 g/mol. The molecule has 1 aromatic heterocycles. The maximum absolute atomic E-state index is 13.3. The molecule has 0 N–H and O–H groups in total. The van der Waals surface area contributed by atoms with Crippen molar-refractivity contribution in [2.45, 2.75) is 20.8 Å². The second kappa shape index (κ2) is 11.1. The van der Waals surface area contributed by atoms with Crippen LogP contribution < -0.4 is 14.4 Å². The molecular weight excluding hydrogens is 482 g/mol. The molecule has 2 amide bonds. The molecule has 2 aromatic carbocycles. The number of aromatic nitrogens is 2. The van der Waals surface area contributed by atoms with E-state index in [1.54, 1.807) is 23.1 Å². The molecule has 3 aromatic rings. The molecule has 0 radical (unpaired) electrons. The van der Waals surface area contributed by atoms with E-state index in [9.17, 15) is 9.59 Å². The van der Waals surface area contributed by atoms with Crippen molar-refractivity contribution in [3.8, 4) is 22.8 Å². The number of fused-ring (bicyclic) bond motifs is 1. The number of hydrogen-bond acceptors (Lipinski definition) is 7. The third-order valence-corrected chi connectivity index (χ3v) is 6.77. The first kappa shape index (κ1) is 25.5. The zero-order chi connectivity index (χ0) is 26.6. The van der Waals surface area contributed by atoms with Crippen LogP contribution in [0.1, 0.15) is 29.8 Å². The molecule has 0 spiro atoms. The average molecular weight is 516 g/mol. The van der Waals surface area contributed by atoms with Crippen molar-refractivity contribution in [3.63, 3.8) is 0 Å². The predicted molar refractivity (Wildman–Crippen MR) is 144 cm³/mol. The standard InChI is InChI=1S/C29H33N5O4/c1-20(2)17-34(29(36)23-8-10-25-26(16-23)38-19-37-25)18-28(35)33-14-12-32(13-15-33)27-11-9-24(30-31-27)22-6-4-21(3)5-7-22/h4-11,16,20H,12-15,17-19H2,1-3H3. The maximum atomic E-state index is 13.3. The molecule has 9 heteroatoms. The maximum Gasteiger partial charge on any atom is 0.254 e. The van der Waals surface area contributed by atoms with Crippen LogP contribution in [-0.2, 0) is 4.79 Å². The lowest BCUT2D eigenvalue weighted by atomic mass is 10.1. The Balaban J connectivity index is 1.19. The van der Waals surface area contributed by atoms with Crippen LogP contribution >= 0.6 is 0 Å². The molecule has 198 valence electrons. The molecule has 0 bridgehead atoms. The van der Waals surface area contributed by atoms with Gasteiger partial charge >= 0.3 is 0 Å². The van der Waals surface area contributed by atoms with E-state index in [0.29, 0.717) is 49.8 Å². The van der Waals surface area contributed by atoms with Crippen molar-refractivity contribution in [3.05, 3.63) is 65.7 Å². The van der Waals surface area contributed by atoms with Gasteiger partial charge < -0.3 is 24.2 Å². The minimum absolute atomic E-state index is 0.0382. The third-order valence-electron chi connectivity index (χ3n) is 6.77. The molecule has 9 nitrogen and oxygen atoms in total. The van der Waals surface area contributed by atoms with Crippen LogP contribution in [0.5, 0.6) is 11.5 Å². The summed E-state index contributed by atoms with van der Waals surface area (Å²) in [6.07, 6.45) is 0. The first-order valence-electron chi connectivity index (χ1n) is 13.0. The van der Waals surface area contributed by atoms with Gasteiger partial charge in [0.25, 0.3) is 5.91 Å². The minimum atomic E-state index is -0.187. The summed E-state index contributed by atoms with van der Waals surface area (Å²) in [6, 6.07) is 17.3. The van der Waals surface area contributed by atoms with E-state index >= 15 is 0 Å². The Kier molecular flexibility index (Phi) is 7.44. The smallest absolute Gasteiger partial charge is 0.254 e. The van der Waals surface area contributed by atoms with Crippen LogP contribution in [0.15, 0.2) is 54.6 Å². The fourth-order valence-electron chi connectivity index (χ4n) is 4.69. The molecule has 5 rings (SSSR count). The number of aryl methyl sites for hydroxylation is 1. The van der Waals surface area contributed by atoms with Gasteiger partial charge in [-0.25, -0.2) is 0 Å². The largest absolute Gasteiger partial charge is 0.454 e. The van der Waals surface area contributed by atoms with E-state index in [2.05, 4.69) is 34.2 Å². The summed E-state index contributed by atoms with van der Waals surface area (Å²) in [5.74, 6) is 1.96. The SMILES string of the molecule is Cc1ccc(-c2ccc(N3CCN(C(=O)CN(CC(C)C)C(=O)c4ccc5c(c4)OCO5)CC3)nn2)cc1. The number of rotatable bonds is 7.